The molecule has 1 aliphatic carbocycles. The van der Waals surface area contributed by atoms with E-state index >= 15 is 8.78 Å². The Kier molecular flexibility index (Phi) is 11.8. The average molecular weight is 768 g/mol. The van der Waals surface area contributed by atoms with E-state index in [1.54, 1.807) is 42.5 Å². The summed E-state index contributed by atoms with van der Waals surface area (Å²) in [6.45, 7) is 0.217. The minimum atomic E-state index is -5.08. The molecule has 0 unspecified atom stereocenters. The number of benzene rings is 4. The van der Waals surface area contributed by atoms with Crippen LogP contribution < -0.4 is 15.2 Å². The summed E-state index contributed by atoms with van der Waals surface area (Å²) in [7, 11) is -4.57. The molecule has 4 aromatic rings. The van der Waals surface area contributed by atoms with Crippen LogP contribution in [-0.4, -0.2) is 67.8 Å². The monoisotopic (exact) mass is 767 g/mol. The van der Waals surface area contributed by atoms with Crippen LogP contribution >= 0.6 is 11.6 Å². The van der Waals surface area contributed by atoms with E-state index in [1.807, 2.05) is 6.07 Å². The van der Waals surface area contributed by atoms with Gasteiger partial charge in [0.2, 0.25) is 15.9 Å². The standard InChI is InChI=1S/C34H34ClF2N3O4S.C2HF3O2/c35-27-13-7-23(8-14-27)22-5-11-26(12-6-22)34(36,37)32(33(41)40-18-17-28(38)21-40)39-45(42,43)31-16-10-24-19-30(15-9-25(24)20-31)44-29-3-1-2-4-29;3-2(4,5)1(6)7/h5-16,19-20,28-29,32,39H,1-4,17-18,21,38H2;(H,6,7)/t28-,32-;/m1./s1. The van der Waals surface area contributed by atoms with Crippen LogP contribution in [0.3, 0.4) is 0 Å². The van der Waals surface area contributed by atoms with Crippen LogP contribution in [0.15, 0.2) is 89.8 Å². The summed E-state index contributed by atoms with van der Waals surface area (Å²) in [5, 5.41) is 9.01. The molecule has 1 saturated carbocycles. The number of alkyl halides is 5. The fourth-order valence-electron chi connectivity index (χ4n) is 6.01. The molecular weight excluding hydrogens is 733 g/mol. The third-order valence-corrected chi connectivity index (χ3v) is 10.5. The normalized spacial score (nSPS) is 17.4. The first-order valence-corrected chi connectivity index (χ1v) is 18.1. The number of nitrogens with zero attached hydrogens (tertiary/aromatic N) is 1. The lowest BCUT2D eigenvalue weighted by molar-refractivity contribution is -0.192. The number of nitrogens with one attached hydrogen (secondary N) is 1. The van der Waals surface area contributed by atoms with Gasteiger partial charge in [-0.15, -0.1) is 0 Å². The number of carbonyl (C=O) groups excluding carboxylic acids is 1. The molecule has 6 rings (SSSR count). The largest absolute Gasteiger partial charge is 0.490 e. The summed E-state index contributed by atoms with van der Waals surface area (Å²) in [4.78, 5) is 23.4. The van der Waals surface area contributed by atoms with Gasteiger partial charge in [-0.05, 0) is 90.4 Å². The Bertz CT molecular complexity index is 2010. The minimum Gasteiger partial charge on any atom is -0.490 e. The highest BCUT2D eigenvalue weighted by Gasteiger charge is 2.50. The van der Waals surface area contributed by atoms with Gasteiger partial charge in [0.25, 0.3) is 5.92 Å². The summed E-state index contributed by atoms with van der Waals surface area (Å²) in [6, 6.07) is 19.3. The number of nitrogens with two attached hydrogens (primary N) is 1. The maximum Gasteiger partial charge on any atom is 0.490 e. The van der Waals surface area contributed by atoms with Crippen LogP contribution in [0, 0.1) is 0 Å². The molecule has 1 saturated heterocycles. The molecule has 0 spiro atoms. The van der Waals surface area contributed by atoms with E-state index in [2.05, 4.69) is 4.72 Å². The van der Waals surface area contributed by atoms with Gasteiger partial charge in [-0.3, -0.25) is 4.79 Å². The zero-order valence-corrected chi connectivity index (χ0v) is 29.0. The Labute approximate surface area is 301 Å². The molecule has 2 aliphatic rings. The van der Waals surface area contributed by atoms with E-state index in [9.17, 15) is 26.4 Å². The number of fused-ring (bicyclic) bond motifs is 1. The van der Waals surface area contributed by atoms with Crippen LogP contribution in [0.5, 0.6) is 5.75 Å². The lowest BCUT2D eigenvalue weighted by Gasteiger charge is -2.30. The molecule has 4 N–H and O–H groups in total. The number of carboxylic acid groups (broad SMARTS) is 1. The van der Waals surface area contributed by atoms with E-state index in [0.29, 0.717) is 28.1 Å². The fraction of sp³-hybridized carbons (Fsp3) is 0.333. The molecule has 0 radical (unpaired) electrons. The second kappa shape index (κ2) is 15.7. The van der Waals surface area contributed by atoms with Gasteiger partial charge >= 0.3 is 12.1 Å². The first-order valence-electron chi connectivity index (χ1n) is 16.3. The number of carbonyl (C=O) groups is 2. The first-order chi connectivity index (χ1) is 24.4. The van der Waals surface area contributed by atoms with E-state index in [1.165, 1.54) is 41.3 Å². The van der Waals surface area contributed by atoms with Crippen molar-refractivity contribution in [2.24, 2.45) is 5.73 Å². The number of likely N-dealkylation sites (tertiary alicyclic amines) is 1. The van der Waals surface area contributed by atoms with Gasteiger partial charge < -0.3 is 20.5 Å². The Morgan fingerprint density at radius 2 is 1.42 bits per heavy atom. The SMILES string of the molecule is N[C@@H]1CCN(C(=O)[C@@H](NS(=O)(=O)c2ccc3cc(OC4CCCC4)ccc3c2)C(F)(F)c2ccc(-c3ccc(Cl)cc3)cc2)C1.O=C(O)C(F)(F)F. The van der Waals surface area contributed by atoms with Gasteiger partial charge in [0.05, 0.1) is 11.0 Å². The molecule has 0 bridgehead atoms. The Balaban J connectivity index is 0.000000679. The van der Waals surface area contributed by atoms with Gasteiger partial charge in [0.1, 0.15) is 5.75 Å². The van der Waals surface area contributed by atoms with Gasteiger partial charge in [0, 0.05) is 29.7 Å². The average Bonchev–Trinajstić information content (AvgIpc) is 3.78. The summed E-state index contributed by atoms with van der Waals surface area (Å²) in [6.07, 6.45) is -0.212. The molecule has 1 heterocycles. The number of amides is 1. The van der Waals surface area contributed by atoms with Crippen molar-refractivity contribution in [3.63, 3.8) is 0 Å². The van der Waals surface area contributed by atoms with E-state index in [-0.39, 0.29) is 30.1 Å². The maximum absolute atomic E-state index is 16.3. The van der Waals surface area contributed by atoms with Crippen molar-refractivity contribution in [3.05, 3.63) is 95.5 Å². The second-order valence-electron chi connectivity index (χ2n) is 12.6. The maximum atomic E-state index is 16.3. The Morgan fingerprint density at radius 1 is 0.865 bits per heavy atom. The topological polar surface area (TPSA) is 139 Å². The summed E-state index contributed by atoms with van der Waals surface area (Å²) >= 11 is 5.97. The van der Waals surface area contributed by atoms with Gasteiger partial charge in [0.15, 0.2) is 6.04 Å². The highest BCUT2D eigenvalue weighted by atomic mass is 35.5. The van der Waals surface area contributed by atoms with Crippen LogP contribution in [0.2, 0.25) is 5.02 Å². The number of hydrogen-bond acceptors (Lipinski definition) is 6. The van der Waals surface area contributed by atoms with Gasteiger partial charge in [-0.25, -0.2) is 13.2 Å². The predicted molar refractivity (Wildman–Crippen MR) is 185 cm³/mol. The van der Waals surface area contributed by atoms with Crippen LogP contribution in [0.25, 0.3) is 21.9 Å². The van der Waals surface area contributed by atoms with Gasteiger partial charge in [-0.1, -0.05) is 60.1 Å². The van der Waals surface area contributed by atoms with Crippen molar-refractivity contribution in [2.75, 3.05) is 13.1 Å². The van der Waals surface area contributed by atoms with E-state index in [4.69, 9.17) is 32.0 Å². The number of hydrogen-bond donors (Lipinski definition) is 3. The minimum absolute atomic E-state index is 0.0594. The van der Waals surface area contributed by atoms with Crippen molar-refractivity contribution in [3.8, 4) is 16.9 Å². The molecule has 2 fully saturated rings. The molecule has 0 aromatic heterocycles. The van der Waals surface area contributed by atoms with Crippen molar-refractivity contribution in [1.82, 2.24) is 9.62 Å². The van der Waals surface area contributed by atoms with Crippen LogP contribution in [0.1, 0.15) is 37.7 Å². The smallest absolute Gasteiger partial charge is 0.490 e. The fourth-order valence-corrected chi connectivity index (χ4v) is 7.36. The molecule has 4 aromatic carbocycles. The zero-order valence-electron chi connectivity index (χ0n) is 27.5. The third-order valence-electron chi connectivity index (χ3n) is 8.81. The number of rotatable bonds is 9. The highest BCUT2D eigenvalue weighted by molar-refractivity contribution is 7.89. The van der Waals surface area contributed by atoms with Crippen molar-refractivity contribution >= 4 is 44.3 Å². The van der Waals surface area contributed by atoms with E-state index in [0.717, 1.165) is 36.6 Å². The first kappa shape index (κ1) is 38.9. The number of ether oxygens (including phenoxy) is 1. The summed E-state index contributed by atoms with van der Waals surface area (Å²) in [5.74, 6) is -6.99. The summed E-state index contributed by atoms with van der Waals surface area (Å²) < 4.78 is 99.7. The Morgan fingerprint density at radius 3 is 1.98 bits per heavy atom. The third kappa shape index (κ3) is 9.37. The lowest BCUT2D eigenvalue weighted by Crippen LogP contribution is -2.56. The number of halogens is 6. The van der Waals surface area contributed by atoms with Crippen LogP contribution in [-0.2, 0) is 25.5 Å². The lowest BCUT2D eigenvalue weighted by atomic mass is 9.97. The van der Waals surface area contributed by atoms with E-state index < -0.39 is 45.6 Å². The molecule has 278 valence electrons. The number of sulfonamides is 1. The Hall–Kier alpha value is -4.31. The second-order valence-corrected chi connectivity index (χ2v) is 14.7. The molecule has 2 atom stereocenters. The molecule has 52 heavy (non-hydrogen) atoms. The number of carboxylic acids is 1. The van der Waals surface area contributed by atoms with Crippen molar-refractivity contribution in [2.45, 2.75) is 67.3 Å². The molecular formula is C36H35ClF5N3O6S. The number of aliphatic carboxylic acids is 1. The highest BCUT2D eigenvalue weighted by Crippen LogP contribution is 2.36. The van der Waals surface area contributed by atoms with Gasteiger partial charge in [-0.2, -0.15) is 26.7 Å². The molecule has 1 amide bonds. The van der Waals surface area contributed by atoms with Crippen molar-refractivity contribution < 1.29 is 49.8 Å². The molecule has 1 aliphatic heterocycles. The summed E-state index contributed by atoms with van der Waals surface area (Å²) in [5.41, 5.74) is 6.88. The van der Waals surface area contributed by atoms with Crippen LogP contribution in [0.4, 0.5) is 22.0 Å². The predicted octanol–water partition coefficient (Wildman–Crippen LogP) is 7.11. The zero-order chi connectivity index (χ0) is 37.8. The molecule has 9 nitrogen and oxygen atoms in total. The molecule has 16 heteroatoms. The quantitative estimate of drug-likeness (QED) is 0.154. The van der Waals surface area contributed by atoms with Crippen molar-refractivity contribution in [1.29, 1.82) is 0 Å².